The molecule has 1 N–H and O–H groups in total. The van der Waals surface area contributed by atoms with Crippen molar-refractivity contribution >= 4 is 21.7 Å². The van der Waals surface area contributed by atoms with Gasteiger partial charge in [0.1, 0.15) is 5.75 Å². The fourth-order valence-corrected chi connectivity index (χ4v) is 1.49. The molecule has 0 aliphatic heterocycles. The quantitative estimate of drug-likeness (QED) is 0.795. The van der Waals surface area contributed by atoms with Gasteiger partial charge < -0.3 is 5.11 Å². The lowest BCUT2D eigenvalue weighted by Gasteiger charge is -1.92. The molecule has 0 amide bonds. The Hall–Kier alpha value is -1.61. The Morgan fingerprint density at radius 3 is 1.89 bits per heavy atom. The molecule has 0 saturated heterocycles. The molecule has 0 fully saturated rings. The predicted molar refractivity (Wildman–Crippen MR) is 77.0 cm³/mol. The van der Waals surface area contributed by atoms with Crippen LogP contribution in [0.2, 0.25) is 0 Å². The zero-order valence-corrected chi connectivity index (χ0v) is 11.9. The Balaban J connectivity index is 0.000000184. The summed E-state index contributed by atoms with van der Waals surface area (Å²) in [4.78, 5) is 10.7. The first-order valence-electron chi connectivity index (χ1n) is 5.51. The van der Waals surface area contributed by atoms with E-state index in [1.807, 2.05) is 31.2 Å². The van der Waals surface area contributed by atoms with Gasteiger partial charge in [0, 0.05) is 10.0 Å². The van der Waals surface area contributed by atoms with Gasteiger partial charge in [-0.3, -0.25) is 4.79 Å². The molecule has 0 heterocycles. The maximum Gasteiger partial charge on any atom is 0.159 e. The van der Waals surface area contributed by atoms with E-state index in [1.54, 1.807) is 31.2 Å². The SMILES string of the molecule is CC(=O)c1ccc(Br)cc1.Cc1ccc(O)cc1. The fraction of sp³-hybridized carbons (Fsp3) is 0.133. The first-order chi connectivity index (χ1) is 8.49. The van der Waals surface area contributed by atoms with Gasteiger partial charge in [-0.1, -0.05) is 45.8 Å². The molecule has 0 atom stereocenters. The van der Waals surface area contributed by atoms with E-state index in [1.165, 1.54) is 5.56 Å². The molecular weight excluding hydrogens is 292 g/mol. The normalized spacial score (nSPS) is 9.28. The number of Topliss-reactive ketones (excluding diaryl/α,β-unsaturated/α-hetero) is 1. The molecule has 2 nitrogen and oxygen atoms in total. The zero-order chi connectivity index (χ0) is 13.5. The second kappa shape index (κ2) is 6.97. The first-order valence-corrected chi connectivity index (χ1v) is 6.30. The van der Waals surface area contributed by atoms with E-state index in [-0.39, 0.29) is 5.78 Å². The Morgan fingerprint density at radius 1 is 1.00 bits per heavy atom. The van der Waals surface area contributed by atoms with E-state index in [0.717, 1.165) is 10.0 Å². The lowest BCUT2D eigenvalue weighted by Crippen LogP contribution is -1.89. The van der Waals surface area contributed by atoms with Crippen LogP contribution in [-0.2, 0) is 0 Å². The number of hydrogen-bond donors (Lipinski definition) is 1. The standard InChI is InChI=1S/C8H7BrO.C7H8O/c1-6(10)7-2-4-8(9)5-3-7;1-6-2-4-7(8)5-3-6/h2-5H,1H3;2-5,8H,1H3. The molecule has 0 radical (unpaired) electrons. The molecule has 0 saturated carbocycles. The summed E-state index contributed by atoms with van der Waals surface area (Å²) < 4.78 is 0.998. The van der Waals surface area contributed by atoms with Gasteiger partial charge in [-0.25, -0.2) is 0 Å². The van der Waals surface area contributed by atoms with Gasteiger partial charge in [0.05, 0.1) is 0 Å². The summed E-state index contributed by atoms with van der Waals surface area (Å²) in [7, 11) is 0. The summed E-state index contributed by atoms with van der Waals surface area (Å²) in [6.07, 6.45) is 0. The second-order valence-electron chi connectivity index (χ2n) is 3.90. The number of carbonyl (C=O) groups is 1. The number of benzene rings is 2. The van der Waals surface area contributed by atoms with Crippen LogP contribution in [-0.4, -0.2) is 10.9 Å². The summed E-state index contributed by atoms with van der Waals surface area (Å²) in [6, 6.07) is 14.4. The number of halogens is 1. The first kappa shape index (κ1) is 14.5. The number of phenolic OH excluding ortho intramolecular Hbond substituents is 1. The smallest absolute Gasteiger partial charge is 0.159 e. The van der Waals surface area contributed by atoms with Gasteiger partial charge >= 0.3 is 0 Å². The second-order valence-corrected chi connectivity index (χ2v) is 4.81. The molecule has 0 aromatic heterocycles. The minimum absolute atomic E-state index is 0.104. The average Bonchev–Trinajstić information content (AvgIpc) is 2.34. The Kier molecular flexibility index (Phi) is 5.59. The van der Waals surface area contributed by atoms with Gasteiger partial charge in [0.25, 0.3) is 0 Å². The number of carbonyl (C=O) groups excluding carboxylic acids is 1. The lowest BCUT2D eigenvalue weighted by molar-refractivity contribution is 0.101. The molecule has 0 aliphatic carbocycles. The third-order valence-electron chi connectivity index (χ3n) is 2.28. The molecule has 2 rings (SSSR count). The van der Waals surface area contributed by atoms with Gasteiger partial charge in [-0.05, 0) is 38.1 Å². The molecule has 0 spiro atoms. The van der Waals surface area contributed by atoms with Gasteiger partial charge in [0.2, 0.25) is 0 Å². The van der Waals surface area contributed by atoms with Crippen LogP contribution in [0.25, 0.3) is 0 Å². The highest BCUT2D eigenvalue weighted by atomic mass is 79.9. The van der Waals surface area contributed by atoms with Crippen molar-refractivity contribution in [2.45, 2.75) is 13.8 Å². The minimum Gasteiger partial charge on any atom is -0.508 e. The Labute approximate surface area is 115 Å². The fourth-order valence-electron chi connectivity index (χ4n) is 1.23. The van der Waals surface area contributed by atoms with Crippen LogP contribution in [0.4, 0.5) is 0 Å². The van der Waals surface area contributed by atoms with Crippen molar-refractivity contribution in [3.63, 3.8) is 0 Å². The van der Waals surface area contributed by atoms with Crippen LogP contribution in [0, 0.1) is 6.92 Å². The third kappa shape index (κ3) is 5.15. The molecule has 3 heteroatoms. The highest BCUT2D eigenvalue weighted by molar-refractivity contribution is 9.10. The summed E-state index contributed by atoms with van der Waals surface area (Å²) in [5, 5.41) is 8.76. The van der Waals surface area contributed by atoms with Gasteiger partial charge in [-0.2, -0.15) is 0 Å². The highest BCUT2D eigenvalue weighted by Gasteiger charge is 1.95. The number of phenols is 1. The van der Waals surface area contributed by atoms with Crippen LogP contribution in [0.15, 0.2) is 53.0 Å². The average molecular weight is 307 g/mol. The Bertz CT molecular complexity index is 480. The zero-order valence-electron chi connectivity index (χ0n) is 10.4. The van der Waals surface area contributed by atoms with Crippen molar-refractivity contribution < 1.29 is 9.90 Å². The van der Waals surface area contributed by atoms with Gasteiger partial charge in [-0.15, -0.1) is 0 Å². The Morgan fingerprint density at radius 2 is 1.50 bits per heavy atom. The van der Waals surface area contributed by atoms with E-state index in [2.05, 4.69) is 15.9 Å². The van der Waals surface area contributed by atoms with Crippen LogP contribution in [0.1, 0.15) is 22.8 Å². The maximum absolute atomic E-state index is 10.7. The molecule has 94 valence electrons. The topological polar surface area (TPSA) is 37.3 Å². The van der Waals surface area contributed by atoms with Crippen molar-refractivity contribution in [1.29, 1.82) is 0 Å². The van der Waals surface area contributed by atoms with E-state index < -0.39 is 0 Å². The predicted octanol–water partition coefficient (Wildman–Crippen LogP) is 4.35. The van der Waals surface area contributed by atoms with Crippen molar-refractivity contribution in [2.24, 2.45) is 0 Å². The van der Waals surface area contributed by atoms with E-state index >= 15 is 0 Å². The number of ketones is 1. The van der Waals surface area contributed by atoms with Crippen LogP contribution in [0.3, 0.4) is 0 Å². The minimum atomic E-state index is 0.104. The molecular formula is C15H15BrO2. The van der Waals surface area contributed by atoms with Crippen LogP contribution >= 0.6 is 15.9 Å². The molecule has 0 bridgehead atoms. The summed E-state index contributed by atoms with van der Waals surface area (Å²) in [6.45, 7) is 3.54. The number of aryl methyl sites for hydroxylation is 1. The molecule has 0 aliphatic rings. The summed E-state index contributed by atoms with van der Waals surface area (Å²) >= 11 is 3.28. The van der Waals surface area contributed by atoms with E-state index in [9.17, 15) is 4.79 Å². The van der Waals surface area contributed by atoms with Crippen molar-refractivity contribution in [3.05, 3.63) is 64.1 Å². The van der Waals surface area contributed by atoms with E-state index in [4.69, 9.17) is 5.11 Å². The van der Waals surface area contributed by atoms with Crippen molar-refractivity contribution in [1.82, 2.24) is 0 Å². The van der Waals surface area contributed by atoms with Crippen molar-refractivity contribution in [3.8, 4) is 5.75 Å². The summed E-state index contributed by atoms with van der Waals surface area (Å²) in [5.74, 6) is 0.433. The highest BCUT2D eigenvalue weighted by Crippen LogP contribution is 2.10. The monoisotopic (exact) mass is 306 g/mol. The molecule has 2 aromatic rings. The van der Waals surface area contributed by atoms with E-state index in [0.29, 0.717) is 5.75 Å². The third-order valence-corrected chi connectivity index (χ3v) is 2.81. The number of aromatic hydroxyl groups is 1. The number of rotatable bonds is 1. The van der Waals surface area contributed by atoms with Crippen molar-refractivity contribution in [2.75, 3.05) is 0 Å². The molecule has 18 heavy (non-hydrogen) atoms. The largest absolute Gasteiger partial charge is 0.508 e. The molecule has 0 unspecified atom stereocenters. The van der Waals surface area contributed by atoms with Crippen LogP contribution in [0.5, 0.6) is 5.75 Å². The number of hydrogen-bond acceptors (Lipinski definition) is 2. The van der Waals surface area contributed by atoms with Crippen LogP contribution < -0.4 is 0 Å². The van der Waals surface area contributed by atoms with Gasteiger partial charge in [0.15, 0.2) is 5.78 Å². The lowest BCUT2D eigenvalue weighted by atomic mass is 10.2. The maximum atomic E-state index is 10.7. The molecule has 2 aromatic carbocycles. The summed E-state index contributed by atoms with van der Waals surface area (Å²) in [5.41, 5.74) is 1.92.